The van der Waals surface area contributed by atoms with Gasteiger partial charge in [0, 0.05) is 23.2 Å². The third kappa shape index (κ3) is 3.78. The Morgan fingerprint density at radius 1 is 1.27 bits per heavy atom. The highest BCUT2D eigenvalue weighted by molar-refractivity contribution is 6.20. The zero-order valence-corrected chi connectivity index (χ0v) is 10.7. The van der Waals surface area contributed by atoms with Gasteiger partial charge in [-0.1, -0.05) is 20.8 Å². The first kappa shape index (κ1) is 12.4. The molecule has 0 aromatic carbocycles. The van der Waals surface area contributed by atoms with Crippen LogP contribution in [-0.2, 0) is 12.8 Å². The minimum absolute atomic E-state index is 0.156. The van der Waals surface area contributed by atoms with Crippen LogP contribution in [-0.4, -0.2) is 15.3 Å². The van der Waals surface area contributed by atoms with E-state index in [-0.39, 0.29) is 5.38 Å². The summed E-state index contributed by atoms with van der Waals surface area (Å²) in [5, 5.41) is 0.156. The van der Waals surface area contributed by atoms with Crippen LogP contribution in [0.15, 0.2) is 6.07 Å². The number of hydrogen-bond acceptors (Lipinski definition) is 2. The summed E-state index contributed by atoms with van der Waals surface area (Å²) in [6.07, 6.45) is 1.78. The molecule has 84 valence electrons. The summed E-state index contributed by atoms with van der Waals surface area (Å²) in [7, 11) is 0. The summed E-state index contributed by atoms with van der Waals surface area (Å²) >= 11 is 6.24. The molecule has 1 unspecified atom stereocenters. The summed E-state index contributed by atoms with van der Waals surface area (Å²) in [6, 6.07) is 2.06. The van der Waals surface area contributed by atoms with Crippen molar-refractivity contribution in [1.82, 2.24) is 9.97 Å². The van der Waals surface area contributed by atoms with Crippen LogP contribution in [0.5, 0.6) is 0 Å². The lowest BCUT2D eigenvalue weighted by atomic mass is 10.1. The monoisotopic (exact) mass is 226 g/mol. The highest BCUT2D eigenvalue weighted by Gasteiger charge is 2.12. The Bertz CT molecular complexity index is 323. The van der Waals surface area contributed by atoms with Gasteiger partial charge in [0.15, 0.2) is 0 Å². The Labute approximate surface area is 97.1 Å². The van der Waals surface area contributed by atoms with Crippen LogP contribution < -0.4 is 0 Å². The predicted octanol–water partition coefficient (Wildman–Crippen LogP) is 3.15. The first-order chi connectivity index (χ1) is 7.02. The van der Waals surface area contributed by atoms with Gasteiger partial charge in [-0.2, -0.15) is 0 Å². The van der Waals surface area contributed by atoms with E-state index in [0.29, 0.717) is 5.92 Å². The van der Waals surface area contributed by atoms with E-state index in [0.717, 1.165) is 30.1 Å². The lowest BCUT2D eigenvalue weighted by molar-refractivity contribution is 0.589. The fourth-order valence-electron chi connectivity index (χ4n) is 1.42. The molecule has 1 rings (SSSR count). The molecule has 1 aromatic heterocycles. The van der Waals surface area contributed by atoms with Gasteiger partial charge in [0.2, 0.25) is 0 Å². The van der Waals surface area contributed by atoms with E-state index in [1.165, 1.54) is 0 Å². The van der Waals surface area contributed by atoms with Crippen molar-refractivity contribution in [2.75, 3.05) is 0 Å². The molecule has 0 aliphatic carbocycles. The van der Waals surface area contributed by atoms with Gasteiger partial charge in [0.05, 0.1) is 0 Å². The molecule has 0 radical (unpaired) electrons. The maximum absolute atomic E-state index is 6.24. The van der Waals surface area contributed by atoms with E-state index in [2.05, 4.69) is 36.8 Å². The van der Waals surface area contributed by atoms with Crippen LogP contribution in [0.25, 0.3) is 0 Å². The van der Waals surface area contributed by atoms with Gasteiger partial charge in [-0.3, -0.25) is 0 Å². The first-order valence-corrected chi connectivity index (χ1v) is 5.94. The second-order valence-corrected chi connectivity index (χ2v) is 4.78. The molecule has 1 aromatic rings. The summed E-state index contributed by atoms with van der Waals surface area (Å²) in [5.74, 6) is 1.32. The Morgan fingerprint density at radius 2 is 1.87 bits per heavy atom. The Hall–Kier alpha value is -0.630. The second kappa shape index (κ2) is 5.45. The van der Waals surface area contributed by atoms with Crippen LogP contribution in [0.3, 0.4) is 0 Å². The fraction of sp³-hybridized carbons (Fsp3) is 0.667. The molecule has 0 saturated carbocycles. The van der Waals surface area contributed by atoms with Gasteiger partial charge >= 0.3 is 0 Å². The van der Waals surface area contributed by atoms with Crippen molar-refractivity contribution >= 4 is 11.6 Å². The fourth-order valence-corrected chi connectivity index (χ4v) is 1.58. The molecule has 0 aliphatic rings. The van der Waals surface area contributed by atoms with Crippen molar-refractivity contribution in [2.45, 2.75) is 45.9 Å². The number of alkyl halides is 1. The molecule has 0 amide bonds. The molecule has 1 heterocycles. The van der Waals surface area contributed by atoms with Crippen LogP contribution in [0, 0.1) is 12.8 Å². The largest absolute Gasteiger partial charge is 0.238 e. The SMILES string of the molecule is CCc1cc(CC(Cl)C(C)C)nc(C)n1. The zero-order chi connectivity index (χ0) is 11.4. The first-order valence-electron chi connectivity index (χ1n) is 5.50. The van der Waals surface area contributed by atoms with Crippen molar-refractivity contribution in [2.24, 2.45) is 5.92 Å². The Balaban J connectivity index is 2.80. The quantitative estimate of drug-likeness (QED) is 0.738. The van der Waals surface area contributed by atoms with Crippen molar-refractivity contribution in [3.8, 4) is 0 Å². The number of hydrogen-bond donors (Lipinski definition) is 0. The molecule has 3 heteroatoms. The summed E-state index contributed by atoms with van der Waals surface area (Å²) in [4.78, 5) is 8.76. The van der Waals surface area contributed by atoms with Crippen LogP contribution >= 0.6 is 11.6 Å². The number of aromatic nitrogens is 2. The minimum Gasteiger partial charge on any atom is -0.238 e. The lowest BCUT2D eigenvalue weighted by Crippen LogP contribution is -2.13. The molecule has 2 nitrogen and oxygen atoms in total. The topological polar surface area (TPSA) is 25.8 Å². The van der Waals surface area contributed by atoms with Gasteiger partial charge in [0.25, 0.3) is 0 Å². The molecule has 0 saturated heterocycles. The van der Waals surface area contributed by atoms with Gasteiger partial charge in [-0.15, -0.1) is 11.6 Å². The standard InChI is InChI=1S/C12H19ClN2/c1-5-10-6-11(15-9(4)14-10)7-12(13)8(2)3/h6,8,12H,5,7H2,1-4H3. The summed E-state index contributed by atoms with van der Waals surface area (Å²) in [6.45, 7) is 8.30. The van der Waals surface area contributed by atoms with Crippen molar-refractivity contribution < 1.29 is 0 Å². The molecular weight excluding hydrogens is 208 g/mol. The normalized spacial score (nSPS) is 13.2. The lowest BCUT2D eigenvalue weighted by Gasteiger charge is -2.13. The molecule has 0 spiro atoms. The maximum Gasteiger partial charge on any atom is 0.125 e. The van der Waals surface area contributed by atoms with E-state index in [4.69, 9.17) is 11.6 Å². The number of nitrogens with zero attached hydrogens (tertiary/aromatic N) is 2. The van der Waals surface area contributed by atoms with E-state index in [1.54, 1.807) is 0 Å². The Morgan fingerprint density at radius 3 is 2.40 bits per heavy atom. The van der Waals surface area contributed by atoms with Crippen LogP contribution in [0.2, 0.25) is 0 Å². The van der Waals surface area contributed by atoms with Gasteiger partial charge in [-0.05, 0) is 25.3 Å². The van der Waals surface area contributed by atoms with Crippen molar-refractivity contribution in [3.05, 3.63) is 23.3 Å². The van der Waals surface area contributed by atoms with E-state index in [9.17, 15) is 0 Å². The van der Waals surface area contributed by atoms with Crippen molar-refractivity contribution in [1.29, 1.82) is 0 Å². The molecule has 0 aliphatic heterocycles. The van der Waals surface area contributed by atoms with Gasteiger partial charge in [-0.25, -0.2) is 9.97 Å². The zero-order valence-electron chi connectivity index (χ0n) is 9.92. The highest BCUT2D eigenvalue weighted by atomic mass is 35.5. The molecule has 0 fully saturated rings. The molecule has 1 atom stereocenters. The van der Waals surface area contributed by atoms with E-state index >= 15 is 0 Å². The minimum atomic E-state index is 0.156. The third-order valence-electron chi connectivity index (χ3n) is 2.43. The highest BCUT2D eigenvalue weighted by Crippen LogP contribution is 2.15. The average Bonchev–Trinajstić information content (AvgIpc) is 2.16. The maximum atomic E-state index is 6.24. The molecule has 15 heavy (non-hydrogen) atoms. The predicted molar refractivity (Wildman–Crippen MR) is 64.3 cm³/mol. The van der Waals surface area contributed by atoms with Crippen LogP contribution in [0.1, 0.15) is 38.0 Å². The number of halogens is 1. The Kier molecular flexibility index (Phi) is 4.52. The van der Waals surface area contributed by atoms with E-state index in [1.807, 2.05) is 6.92 Å². The smallest absolute Gasteiger partial charge is 0.125 e. The van der Waals surface area contributed by atoms with Crippen LogP contribution in [0.4, 0.5) is 0 Å². The summed E-state index contributed by atoms with van der Waals surface area (Å²) < 4.78 is 0. The molecule has 0 N–H and O–H groups in total. The third-order valence-corrected chi connectivity index (χ3v) is 3.09. The van der Waals surface area contributed by atoms with Gasteiger partial charge < -0.3 is 0 Å². The van der Waals surface area contributed by atoms with E-state index < -0.39 is 0 Å². The number of aryl methyl sites for hydroxylation is 2. The molecule has 0 bridgehead atoms. The number of rotatable bonds is 4. The second-order valence-electron chi connectivity index (χ2n) is 4.22. The summed E-state index contributed by atoms with van der Waals surface area (Å²) in [5.41, 5.74) is 2.16. The molecular formula is C12H19ClN2. The van der Waals surface area contributed by atoms with Gasteiger partial charge in [0.1, 0.15) is 5.82 Å². The van der Waals surface area contributed by atoms with Crippen molar-refractivity contribution in [3.63, 3.8) is 0 Å². The average molecular weight is 227 g/mol.